The summed E-state index contributed by atoms with van der Waals surface area (Å²) in [6.45, 7) is 2.49. The Hall–Kier alpha value is -1.19. The molecule has 0 bridgehead atoms. The molecule has 0 saturated heterocycles. The van der Waals surface area contributed by atoms with Gasteiger partial charge in [-0.2, -0.15) is 5.10 Å². The summed E-state index contributed by atoms with van der Waals surface area (Å²) < 4.78 is 1.66. The second-order valence-corrected chi connectivity index (χ2v) is 2.38. The van der Waals surface area contributed by atoms with Crippen LogP contribution in [0.3, 0.4) is 0 Å². The summed E-state index contributed by atoms with van der Waals surface area (Å²) >= 11 is 0. The van der Waals surface area contributed by atoms with Gasteiger partial charge >= 0.3 is 0 Å². The lowest BCUT2D eigenvalue weighted by molar-refractivity contribution is 0.0990. The number of carbonyl (C=O) groups is 1. The van der Waals surface area contributed by atoms with Crippen LogP contribution in [-0.4, -0.2) is 20.5 Å². The summed E-state index contributed by atoms with van der Waals surface area (Å²) in [5.74, 6) is 1.32. The van der Waals surface area contributed by atoms with Gasteiger partial charge in [-0.25, -0.2) is 9.67 Å². The molecule has 1 aliphatic heterocycles. The summed E-state index contributed by atoms with van der Waals surface area (Å²) in [5.41, 5.74) is 0. The van der Waals surface area contributed by atoms with Crippen LogP contribution in [0.4, 0.5) is 0 Å². The zero-order valence-corrected chi connectivity index (χ0v) is 5.66. The van der Waals surface area contributed by atoms with Crippen LogP contribution in [0.5, 0.6) is 0 Å². The normalized spacial score (nSPS) is 15.9. The Morgan fingerprint density at radius 1 is 1.60 bits per heavy atom. The van der Waals surface area contributed by atoms with Crippen molar-refractivity contribution in [1.82, 2.24) is 14.8 Å². The maximum atomic E-state index is 11.0. The highest BCUT2D eigenvalue weighted by atomic mass is 16.1. The monoisotopic (exact) mass is 137 g/mol. The van der Waals surface area contributed by atoms with Crippen LogP contribution in [-0.2, 0) is 6.54 Å². The van der Waals surface area contributed by atoms with Gasteiger partial charge in [0.1, 0.15) is 5.82 Å². The van der Waals surface area contributed by atoms with Gasteiger partial charge in [-0.15, -0.1) is 0 Å². The zero-order valence-electron chi connectivity index (χ0n) is 5.66. The van der Waals surface area contributed by atoms with Gasteiger partial charge in [-0.3, -0.25) is 4.79 Å². The fourth-order valence-electron chi connectivity index (χ4n) is 1.14. The first-order valence-corrected chi connectivity index (χ1v) is 3.22. The van der Waals surface area contributed by atoms with Crippen LogP contribution in [0.1, 0.15) is 22.9 Å². The summed E-state index contributed by atoms with van der Waals surface area (Å²) in [7, 11) is 0. The lowest BCUT2D eigenvalue weighted by atomic mass is 10.3. The molecule has 0 radical (unpaired) electrons. The molecule has 10 heavy (non-hydrogen) atoms. The number of rotatable bonds is 0. The topological polar surface area (TPSA) is 47.8 Å². The Balaban J connectivity index is 2.59. The number of ketones is 1. The maximum Gasteiger partial charge on any atom is 0.201 e. The van der Waals surface area contributed by atoms with Crippen molar-refractivity contribution in [3.05, 3.63) is 11.6 Å². The molecule has 0 N–H and O–H groups in total. The fraction of sp³-hybridized carbons (Fsp3) is 0.500. The molecule has 0 saturated carbocycles. The Bertz CT molecular complexity index is 289. The van der Waals surface area contributed by atoms with Crippen molar-refractivity contribution in [3.63, 3.8) is 0 Å². The van der Waals surface area contributed by atoms with Gasteiger partial charge in [-0.05, 0) is 6.92 Å². The highest BCUT2D eigenvalue weighted by molar-refractivity contribution is 5.94. The van der Waals surface area contributed by atoms with Crippen LogP contribution in [0.2, 0.25) is 0 Å². The molecular weight excluding hydrogens is 130 g/mol. The molecule has 1 aromatic rings. The highest BCUT2D eigenvalue weighted by Crippen LogP contribution is 2.10. The molecule has 0 fully saturated rings. The number of nitrogens with zero attached hydrogens (tertiary/aromatic N) is 3. The quantitative estimate of drug-likeness (QED) is 0.512. The SMILES string of the molecule is Cc1nc2n(n1)CCC2=O. The van der Waals surface area contributed by atoms with Crippen LogP contribution in [0.15, 0.2) is 0 Å². The van der Waals surface area contributed by atoms with E-state index in [0.29, 0.717) is 24.6 Å². The minimum atomic E-state index is 0.112. The molecule has 0 amide bonds. The van der Waals surface area contributed by atoms with Crippen molar-refractivity contribution in [2.45, 2.75) is 19.9 Å². The first-order chi connectivity index (χ1) is 4.77. The number of aryl methyl sites for hydroxylation is 2. The zero-order chi connectivity index (χ0) is 7.14. The second-order valence-electron chi connectivity index (χ2n) is 2.38. The molecule has 1 aliphatic rings. The van der Waals surface area contributed by atoms with E-state index in [2.05, 4.69) is 10.1 Å². The predicted octanol–water partition coefficient (Wildman–Crippen LogP) is 0.173. The van der Waals surface area contributed by atoms with E-state index < -0.39 is 0 Å². The van der Waals surface area contributed by atoms with E-state index >= 15 is 0 Å². The number of carbonyl (C=O) groups excluding carboxylic acids is 1. The summed E-state index contributed by atoms with van der Waals surface area (Å²) in [6.07, 6.45) is 0.565. The van der Waals surface area contributed by atoms with Crippen LogP contribution >= 0.6 is 0 Å². The minimum absolute atomic E-state index is 0.112. The van der Waals surface area contributed by atoms with Crippen molar-refractivity contribution in [2.24, 2.45) is 0 Å². The summed E-state index contributed by atoms with van der Waals surface area (Å²) in [4.78, 5) is 14.9. The summed E-state index contributed by atoms with van der Waals surface area (Å²) in [6, 6.07) is 0. The predicted molar refractivity (Wildman–Crippen MR) is 33.7 cm³/mol. The Kier molecular flexibility index (Phi) is 0.922. The number of aromatic nitrogens is 3. The number of Topliss-reactive ketones (excluding diaryl/α,β-unsaturated/α-hetero) is 1. The van der Waals surface area contributed by atoms with Gasteiger partial charge in [0.05, 0.1) is 6.54 Å². The van der Waals surface area contributed by atoms with Crippen LogP contribution < -0.4 is 0 Å². The average Bonchev–Trinajstić information content (AvgIpc) is 2.35. The molecule has 52 valence electrons. The van der Waals surface area contributed by atoms with Crippen molar-refractivity contribution in [3.8, 4) is 0 Å². The van der Waals surface area contributed by atoms with Crippen molar-refractivity contribution < 1.29 is 4.79 Å². The number of hydrogen-bond donors (Lipinski definition) is 0. The number of fused-ring (bicyclic) bond motifs is 1. The molecule has 0 aliphatic carbocycles. The molecular formula is C6H7N3O. The van der Waals surface area contributed by atoms with Crippen LogP contribution in [0, 0.1) is 6.92 Å². The molecule has 0 unspecified atom stereocenters. The standard InChI is InChI=1S/C6H7N3O/c1-4-7-6-5(10)2-3-9(6)8-4/h2-3H2,1H3. The van der Waals surface area contributed by atoms with E-state index in [9.17, 15) is 4.79 Å². The molecule has 1 aromatic heterocycles. The third kappa shape index (κ3) is 0.586. The highest BCUT2D eigenvalue weighted by Gasteiger charge is 2.22. The van der Waals surface area contributed by atoms with Gasteiger partial charge in [0, 0.05) is 6.42 Å². The lowest BCUT2D eigenvalue weighted by Gasteiger charge is -1.85. The van der Waals surface area contributed by atoms with Gasteiger partial charge < -0.3 is 0 Å². The molecule has 0 spiro atoms. The smallest absolute Gasteiger partial charge is 0.201 e. The third-order valence-corrected chi connectivity index (χ3v) is 1.58. The third-order valence-electron chi connectivity index (χ3n) is 1.58. The molecule has 0 aromatic carbocycles. The first kappa shape index (κ1) is 5.58. The average molecular weight is 137 g/mol. The van der Waals surface area contributed by atoms with Gasteiger partial charge in [0.25, 0.3) is 0 Å². The molecule has 2 heterocycles. The van der Waals surface area contributed by atoms with Gasteiger partial charge in [0.15, 0.2) is 5.82 Å². The van der Waals surface area contributed by atoms with E-state index in [0.717, 1.165) is 0 Å². The fourth-order valence-corrected chi connectivity index (χ4v) is 1.14. The van der Waals surface area contributed by atoms with E-state index in [1.54, 1.807) is 11.6 Å². The van der Waals surface area contributed by atoms with E-state index in [1.165, 1.54) is 0 Å². The molecule has 0 atom stereocenters. The minimum Gasteiger partial charge on any atom is -0.291 e. The Morgan fingerprint density at radius 2 is 2.40 bits per heavy atom. The van der Waals surface area contributed by atoms with E-state index in [1.807, 2.05) is 0 Å². The van der Waals surface area contributed by atoms with Gasteiger partial charge in [-0.1, -0.05) is 0 Å². The number of hydrogen-bond acceptors (Lipinski definition) is 3. The van der Waals surface area contributed by atoms with E-state index in [4.69, 9.17) is 0 Å². The van der Waals surface area contributed by atoms with Gasteiger partial charge in [0.2, 0.25) is 5.78 Å². The molecule has 4 heteroatoms. The van der Waals surface area contributed by atoms with Crippen molar-refractivity contribution in [2.75, 3.05) is 0 Å². The van der Waals surface area contributed by atoms with E-state index in [-0.39, 0.29) is 5.78 Å². The lowest BCUT2D eigenvalue weighted by Crippen LogP contribution is -1.95. The Morgan fingerprint density at radius 3 is 3.10 bits per heavy atom. The maximum absolute atomic E-state index is 11.0. The Labute approximate surface area is 57.9 Å². The first-order valence-electron chi connectivity index (χ1n) is 3.22. The van der Waals surface area contributed by atoms with Crippen LogP contribution in [0.25, 0.3) is 0 Å². The summed E-state index contributed by atoms with van der Waals surface area (Å²) in [5, 5.41) is 4.03. The molecule has 2 rings (SSSR count). The van der Waals surface area contributed by atoms with Crippen molar-refractivity contribution >= 4 is 5.78 Å². The largest absolute Gasteiger partial charge is 0.291 e. The molecule has 4 nitrogen and oxygen atoms in total. The van der Waals surface area contributed by atoms with Crippen molar-refractivity contribution in [1.29, 1.82) is 0 Å². The second kappa shape index (κ2) is 1.65.